The number of anilines is 1. The van der Waals surface area contributed by atoms with E-state index in [0.29, 0.717) is 43.0 Å². The summed E-state index contributed by atoms with van der Waals surface area (Å²) in [4.78, 5) is 24.4. The Labute approximate surface area is 182 Å². The van der Waals surface area contributed by atoms with E-state index in [1.165, 1.54) is 23.5 Å². The Bertz CT molecular complexity index is 1020. The van der Waals surface area contributed by atoms with Gasteiger partial charge in [0.25, 0.3) is 0 Å². The number of sulfonamides is 1. The van der Waals surface area contributed by atoms with Gasteiger partial charge in [-0.1, -0.05) is 0 Å². The summed E-state index contributed by atoms with van der Waals surface area (Å²) in [6, 6.07) is 12.6. The predicted molar refractivity (Wildman–Crippen MR) is 116 cm³/mol. The SMILES string of the molecule is CCOc1ccc(S(=O)(=O)N2CCC[C@@H](C(=O)Nc3ccc(C(=O)OC)cc3)C2)cc1. The van der Waals surface area contributed by atoms with Crippen molar-refractivity contribution >= 4 is 27.6 Å². The standard InChI is InChI=1S/C22H26N2O6S/c1-3-30-19-10-12-20(13-11-19)31(27,28)24-14-4-5-17(15-24)21(25)23-18-8-6-16(7-9-18)22(26)29-2/h6-13,17H,3-5,14-15H2,1-2H3,(H,23,25)/t17-/m1/s1. The summed E-state index contributed by atoms with van der Waals surface area (Å²) in [6.07, 6.45) is 1.19. The smallest absolute Gasteiger partial charge is 0.337 e. The van der Waals surface area contributed by atoms with Crippen molar-refractivity contribution in [1.82, 2.24) is 4.31 Å². The number of carbonyl (C=O) groups is 2. The van der Waals surface area contributed by atoms with Crippen LogP contribution in [0.1, 0.15) is 30.1 Å². The summed E-state index contributed by atoms with van der Waals surface area (Å²) >= 11 is 0. The van der Waals surface area contributed by atoms with Crippen LogP contribution in [0.3, 0.4) is 0 Å². The number of nitrogens with zero attached hydrogens (tertiary/aromatic N) is 1. The second-order valence-corrected chi connectivity index (χ2v) is 9.10. The Morgan fingerprint density at radius 3 is 2.39 bits per heavy atom. The number of carbonyl (C=O) groups excluding carboxylic acids is 2. The van der Waals surface area contributed by atoms with E-state index >= 15 is 0 Å². The van der Waals surface area contributed by atoms with Crippen molar-refractivity contribution in [2.75, 3.05) is 32.1 Å². The molecule has 1 aliphatic rings. The first-order valence-corrected chi connectivity index (χ1v) is 11.5. The van der Waals surface area contributed by atoms with E-state index < -0.39 is 21.9 Å². The Morgan fingerprint density at radius 2 is 1.77 bits per heavy atom. The van der Waals surface area contributed by atoms with E-state index in [1.54, 1.807) is 36.4 Å². The van der Waals surface area contributed by atoms with Gasteiger partial charge in [0.15, 0.2) is 0 Å². The third kappa shape index (κ3) is 5.42. The van der Waals surface area contributed by atoms with Crippen molar-refractivity contribution in [2.24, 2.45) is 5.92 Å². The molecule has 166 valence electrons. The van der Waals surface area contributed by atoms with Gasteiger partial charge in [-0.15, -0.1) is 0 Å². The van der Waals surface area contributed by atoms with Crippen LogP contribution in [0.15, 0.2) is 53.4 Å². The van der Waals surface area contributed by atoms with Gasteiger partial charge in [0.05, 0.1) is 30.1 Å². The van der Waals surface area contributed by atoms with Gasteiger partial charge in [-0.3, -0.25) is 4.79 Å². The Morgan fingerprint density at radius 1 is 1.10 bits per heavy atom. The first kappa shape index (κ1) is 22.8. The van der Waals surface area contributed by atoms with E-state index in [0.717, 1.165) is 0 Å². The van der Waals surface area contributed by atoms with Gasteiger partial charge in [0.1, 0.15) is 5.75 Å². The lowest BCUT2D eigenvalue weighted by atomic mass is 9.98. The third-order valence-corrected chi connectivity index (χ3v) is 6.98. The summed E-state index contributed by atoms with van der Waals surface area (Å²) in [6.45, 7) is 2.84. The molecule has 0 radical (unpaired) electrons. The van der Waals surface area contributed by atoms with Crippen molar-refractivity contribution in [3.63, 3.8) is 0 Å². The van der Waals surface area contributed by atoms with Crippen molar-refractivity contribution < 1.29 is 27.5 Å². The van der Waals surface area contributed by atoms with Crippen molar-refractivity contribution in [3.05, 3.63) is 54.1 Å². The molecule has 9 heteroatoms. The van der Waals surface area contributed by atoms with Crippen LogP contribution < -0.4 is 10.1 Å². The summed E-state index contributed by atoms with van der Waals surface area (Å²) in [5, 5.41) is 2.80. The van der Waals surface area contributed by atoms with Crippen LogP contribution in [-0.2, 0) is 19.6 Å². The summed E-state index contributed by atoms with van der Waals surface area (Å²) in [5.41, 5.74) is 0.912. The topological polar surface area (TPSA) is 102 Å². The van der Waals surface area contributed by atoms with Gasteiger partial charge in [-0.05, 0) is 68.3 Å². The average Bonchev–Trinajstić information content (AvgIpc) is 2.79. The molecule has 1 amide bonds. The molecule has 1 N–H and O–H groups in total. The number of amides is 1. The largest absolute Gasteiger partial charge is 0.494 e. The van der Waals surface area contributed by atoms with Gasteiger partial charge >= 0.3 is 5.97 Å². The van der Waals surface area contributed by atoms with Crippen molar-refractivity contribution in [1.29, 1.82) is 0 Å². The zero-order valence-corrected chi connectivity index (χ0v) is 18.4. The summed E-state index contributed by atoms with van der Waals surface area (Å²) in [7, 11) is -2.40. The van der Waals surface area contributed by atoms with Gasteiger partial charge in [0.2, 0.25) is 15.9 Å². The molecule has 1 fully saturated rings. The molecule has 1 aliphatic heterocycles. The second-order valence-electron chi connectivity index (χ2n) is 7.16. The number of esters is 1. The number of rotatable bonds is 7. The molecule has 1 saturated heterocycles. The fourth-order valence-electron chi connectivity index (χ4n) is 3.45. The highest BCUT2D eigenvalue weighted by molar-refractivity contribution is 7.89. The van der Waals surface area contributed by atoms with E-state index in [-0.39, 0.29) is 17.3 Å². The number of benzene rings is 2. The van der Waals surface area contributed by atoms with Crippen LogP contribution in [-0.4, -0.2) is 51.4 Å². The molecule has 2 aromatic rings. The molecule has 1 heterocycles. The monoisotopic (exact) mass is 446 g/mol. The third-order valence-electron chi connectivity index (χ3n) is 5.10. The number of hydrogen-bond acceptors (Lipinski definition) is 6. The van der Waals surface area contributed by atoms with Gasteiger partial charge in [-0.25, -0.2) is 13.2 Å². The van der Waals surface area contributed by atoms with E-state index in [2.05, 4.69) is 10.1 Å². The van der Waals surface area contributed by atoms with Crippen LogP contribution in [0.2, 0.25) is 0 Å². The molecular formula is C22H26N2O6S. The Hall–Kier alpha value is -2.91. The van der Waals surface area contributed by atoms with Crippen LogP contribution in [0.5, 0.6) is 5.75 Å². The summed E-state index contributed by atoms with van der Waals surface area (Å²) < 4.78 is 37.4. The molecule has 0 aromatic heterocycles. The molecule has 1 atom stereocenters. The van der Waals surface area contributed by atoms with Gasteiger partial charge in [-0.2, -0.15) is 4.31 Å². The first-order valence-electron chi connectivity index (χ1n) is 10.1. The first-order chi connectivity index (χ1) is 14.8. The highest BCUT2D eigenvalue weighted by Crippen LogP contribution is 2.26. The van der Waals surface area contributed by atoms with Crippen LogP contribution in [0.4, 0.5) is 5.69 Å². The van der Waals surface area contributed by atoms with E-state index in [9.17, 15) is 18.0 Å². The molecule has 0 bridgehead atoms. The number of hydrogen-bond donors (Lipinski definition) is 1. The molecule has 0 saturated carbocycles. The van der Waals surface area contributed by atoms with Crippen molar-refractivity contribution in [2.45, 2.75) is 24.7 Å². The van der Waals surface area contributed by atoms with Crippen LogP contribution in [0, 0.1) is 5.92 Å². The maximum Gasteiger partial charge on any atom is 0.337 e. The minimum atomic E-state index is -3.70. The van der Waals surface area contributed by atoms with E-state index in [1.807, 2.05) is 6.92 Å². The lowest BCUT2D eigenvalue weighted by molar-refractivity contribution is -0.120. The summed E-state index contributed by atoms with van der Waals surface area (Å²) in [5.74, 6) is -0.570. The normalized spacial score (nSPS) is 17.0. The van der Waals surface area contributed by atoms with Gasteiger partial charge < -0.3 is 14.8 Å². The molecule has 0 spiro atoms. The fraction of sp³-hybridized carbons (Fsp3) is 0.364. The average molecular weight is 447 g/mol. The zero-order valence-electron chi connectivity index (χ0n) is 17.5. The molecule has 0 aliphatic carbocycles. The van der Waals surface area contributed by atoms with Crippen molar-refractivity contribution in [3.8, 4) is 5.75 Å². The molecule has 0 unspecified atom stereocenters. The van der Waals surface area contributed by atoms with Gasteiger partial charge in [0, 0.05) is 18.8 Å². The lowest BCUT2D eigenvalue weighted by Gasteiger charge is -2.31. The van der Waals surface area contributed by atoms with E-state index in [4.69, 9.17) is 4.74 Å². The quantitative estimate of drug-likeness (QED) is 0.656. The number of nitrogens with one attached hydrogen (secondary N) is 1. The lowest BCUT2D eigenvalue weighted by Crippen LogP contribution is -2.43. The molecule has 31 heavy (non-hydrogen) atoms. The minimum Gasteiger partial charge on any atom is -0.494 e. The molecule has 3 rings (SSSR count). The second kappa shape index (κ2) is 9.93. The highest BCUT2D eigenvalue weighted by Gasteiger charge is 2.33. The maximum absolute atomic E-state index is 13.0. The molecule has 2 aromatic carbocycles. The highest BCUT2D eigenvalue weighted by atomic mass is 32.2. The minimum absolute atomic E-state index is 0.113. The Balaban J connectivity index is 1.66. The zero-order chi connectivity index (χ0) is 22.4. The molecular weight excluding hydrogens is 420 g/mol. The predicted octanol–water partition coefficient (Wildman–Crippen LogP) is 2.91. The molecule has 8 nitrogen and oxygen atoms in total. The van der Waals surface area contributed by atoms with Crippen LogP contribution >= 0.6 is 0 Å². The number of methoxy groups -OCH3 is 1. The number of ether oxygens (including phenoxy) is 2. The Kier molecular flexibility index (Phi) is 7.29. The fourth-order valence-corrected chi connectivity index (χ4v) is 4.97. The number of piperidine rings is 1. The maximum atomic E-state index is 13.0. The van der Waals surface area contributed by atoms with Crippen LogP contribution in [0.25, 0.3) is 0 Å².